The fraction of sp³-hybridized carbons (Fsp3) is 0.273. The zero-order chi connectivity index (χ0) is 23.4. The van der Waals surface area contributed by atoms with Gasteiger partial charge < -0.3 is 10.6 Å². The van der Waals surface area contributed by atoms with Gasteiger partial charge in [0.15, 0.2) is 0 Å². The lowest BCUT2D eigenvalue weighted by Crippen LogP contribution is -2.37. The SMILES string of the molecule is CC(=O)Nc1ccc(S(=O)(=O)N2CCC(c3nnc(C(=O)Nc4ccccc4)s3)CC2)cc1. The second-order valence-corrected chi connectivity index (χ2v) is 10.6. The fourth-order valence-corrected chi connectivity index (χ4v) is 5.98. The number of hydrogen-bond acceptors (Lipinski definition) is 7. The maximum Gasteiger partial charge on any atom is 0.286 e. The van der Waals surface area contributed by atoms with Crippen LogP contribution in [0.1, 0.15) is 40.5 Å². The van der Waals surface area contributed by atoms with Gasteiger partial charge in [-0.3, -0.25) is 9.59 Å². The first kappa shape index (κ1) is 23.0. The second-order valence-electron chi connectivity index (χ2n) is 7.65. The summed E-state index contributed by atoms with van der Waals surface area (Å²) in [6.07, 6.45) is 1.19. The summed E-state index contributed by atoms with van der Waals surface area (Å²) in [5.41, 5.74) is 1.23. The molecule has 0 atom stereocenters. The number of anilines is 2. The molecule has 2 heterocycles. The number of carbonyl (C=O) groups is 2. The largest absolute Gasteiger partial charge is 0.326 e. The minimum absolute atomic E-state index is 0.0503. The Kier molecular flexibility index (Phi) is 6.82. The monoisotopic (exact) mass is 485 g/mol. The van der Waals surface area contributed by atoms with Crippen LogP contribution in [0, 0.1) is 0 Å². The van der Waals surface area contributed by atoms with Crippen LogP contribution < -0.4 is 10.6 Å². The van der Waals surface area contributed by atoms with Crippen molar-refractivity contribution in [2.45, 2.75) is 30.6 Å². The lowest BCUT2D eigenvalue weighted by molar-refractivity contribution is -0.114. The summed E-state index contributed by atoms with van der Waals surface area (Å²) in [5, 5.41) is 14.6. The highest BCUT2D eigenvalue weighted by Gasteiger charge is 2.31. The van der Waals surface area contributed by atoms with Gasteiger partial charge in [-0.15, -0.1) is 10.2 Å². The number of benzene rings is 2. The minimum atomic E-state index is -3.63. The highest BCUT2D eigenvalue weighted by atomic mass is 32.2. The smallest absolute Gasteiger partial charge is 0.286 e. The minimum Gasteiger partial charge on any atom is -0.326 e. The number of carbonyl (C=O) groups excluding carboxylic acids is 2. The summed E-state index contributed by atoms with van der Waals surface area (Å²) < 4.78 is 27.4. The zero-order valence-corrected chi connectivity index (χ0v) is 19.5. The predicted molar refractivity (Wildman–Crippen MR) is 126 cm³/mol. The second kappa shape index (κ2) is 9.77. The number of aromatic nitrogens is 2. The van der Waals surface area contributed by atoms with Crippen LogP contribution in [0.15, 0.2) is 59.5 Å². The highest BCUT2D eigenvalue weighted by molar-refractivity contribution is 7.89. The van der Waals surface area contributed by atoms with Crippen LogP contribution >= 0.6 is 11.3 Å². The molecule has 0 saturated carbocycles. The van der Waals surface area contributed by atoms with Crippen LogP contribution in [0.3, 0.4) is 0 Å². The Morgan fingerprint density at radius 3 is 2.21 bits per heavy atom. The number of sulfonamides is 1. The summed E-state index contributed by atoms with van der Waals surface area (Å²) in [4.78, 5) is 23.7. The molecular weight excluding hydrogens is 462 g/mol. The van der Waals surface area contributed by atoms with Gasteiger partial charge >= 0.3 is 0 Å². The molecule has 9 nitrogen and oxygen atoms in total. The van der Waals surface area contributed by atoms with Crippen molar-refractivity contribution in [1.29, 1.82) is 0 Å². The Balaban J connectivity index is 1.37. The summed E-state index contributed by atoms with van der Waals surface area (Å²) in [6, 6.07) is 15.3. The number of amides is 2. The first-order valence-electron chi connectivity index (χ1n) is 10.4. The van der Waals surface area contributed by atoms with Crippen LogP contribution in [-0.2, 0) is 14.8 Å². The van der Waals surface area contributed by atoms with Gasteiger partial charge in [-0.05, 0) is 49.2 Å². The third-order valence-corrected chi connectivity index (χ3v) is 8.28. The molecule has 1 aliphatic rings. The Morgan fingerprint density at radius 2 is 1.58 bits per heavy atom. The van der Waals surface area contributed by atoms with Crippen molar-refractivity contribution < 1.29 is 18.0 Å². The molecule has 0 bridgehead atoms. The van der Waals surface area contributed by atoms with Crippen LogP contribution in [0.2, 0.25) is 0 Å². The summed E-state index contributed by atoms with van der Waals surface area (Å²) in [5.74, 6) is -0.480. The van der Waals surface area contributed by atoms with Gasteiger partial charge in [0.05, 0.1) is 4.90 Å². The van der Waals surface area contributed by atoms with E-state index in [0.717, 1.165) is 5.01 Å². The van der Waals surface area contributed by atoms with Gasteiger partial charge in [-0.25, -0.2) is 8.42 Å². The molecule has 2 aromatic carbocycles. The highest BCUT2D eigenvalue weighted by Crippen LogP contribution is 2.32. The normalized spacial score (nSPS) is 15.2. The standard InChI is InChI=1S/C22H23N5O4S2/c1-15(28)23-18-7-9-19(10-8-18)33(30,31)27-13-11-16(12-14-27)21-25-26-22(32-21)20(29)24-17-5-3-2-4-6-17/h2-10,16H,11-14H2,1H3,(H,23,28)(H,24,29). The van der Waals surface area contributed by atoms with Gasteiger partial charge in [0.25, 0.3) is 5.91 Å². The van der Waals surface area contributed by atoms with Crippen LogP contribution in [0.25, 0.3) is 0 Å². The van der Waals surface area contributed by atoms with E-state index < -0.39 is 10.0 Å². The van der Waals surface area contributed by atoms with Crippen LogP contribution in [-0.4, -0.2) is 47.8 Å². The number of nitrogens with zero attached hydrogens (tertiary/aromatic N) is 3. The lowest BCUT2D eigenvalue weighted by atomic mass is 9.99. The number of piperidine rings is 1. The Labute approximate surface area is 195 Å². The lowest BCUT2D eigenvalue weighted by Gasteiger charge is -2.30. The third-order valence-electron chi connectivity index (χ3n) is 5.28. The van der Waals surface area contributed by atoms with Crippen molar-refractivity contribution in [3.05, 3.63) is 64.6 Å². The van der Waals surface area contributed by atoms with Crippen molar-refractivity contribution in [3.63, 3.8) is 0 Å². The van der Waals surface area contributed by atoms with Gasteiger partial charge in [0.2, 0.25) is 20.9 Å². The molecule has 1 fully saturated rings. The Bertz CT molecular complexity index is 1240. The maximum atomic E-state index is 13.0. The van der Waals surface area contributed by atoms with E-state index in [0.29, 0.717) is 37.3 Å². The Hall–Kier alpha value is -3.15. The van der Waals surface area contributed by atoms with Gasteiger partial charge in [0.1, 0.15) is 5.01 Å². The Morgan fingerprint density at radius 1 is 0.939 bits per heavy atom. The number of para-hydroxylation sites is 1. The average Bonchev–Trinajstić information content (AvgIpc) is 3.30. The van der Waals surface area contributed by atoms with Crippen LogP contribution in [0.5, 0.6) is 0 Å². The molecule has 1 saturated heterocycles. The molecule has 0 spiro atoms. The average molecular weight is 486 g/mol. The first-order valence-corrected chi connectivity index (χ1v) is 12.7. The topological polar surface area (TPSA) is 121 Å². The summed E-state index contributed by atoms with van der Waals surface area (Å²) >= 11 is 1.24. The number of rotatable bonds is 6. The molecule has 4 rings (SSSR count). The first-order chi connectivity index (χ1) is 15.8. The van der Waals surface area contributed by atoms with E-state index in [1.807, 2.05) is 18.2 Å². The molecule has 0 aliphatic carbocycles. The molecule has 0 unspecified atom stereocenters. The molecule has 1 aliphatic heterocycles. The molecule has 11 heteroatoms. The molecule has 2 amide bonds. The van der Waals surface area contributed by atoms with Crippen molar-refractivity contribution >= 4 is 44.5 Å². The quantitative estimate of drug-likeness (QED) is 0.552. The molecule has 3 aromatic rings. The molecule has 172 valence electrons. The summed E-state index contributed by atoms with van der Waals surface area (Å²) in [7, 11) is -3.63. The molecule has 0 radical (unpaired) electrons. The summed E-state index contributed by atoms with van der Waals surface area (Å²) in [6.45, 7) is 2.10. The van der Waals surface area contributed by atoms with E-state index >= 15 is 0 Å². The van der Waals surface area contributed by atoms with E-state index in [9.17, 15) is 18.0 Å². The number of nitrogens with one attached hydrogen (secondary N) is 2. The molecule has 33 heavy (non-hydrogen) atoms. The van der Waals surface area contributed by atoms with Crippen molar-refractivity contribution in [1.82, 2.24) is 14.5 Å². The van der Waals surface area contributed by atoms with Crippen LogP contribution in [0.4, 0.5) is 11.4 Å². The van der Waals surface area contributed by atoms with E-state index in [-0.39, 0.29) is 27.6 Å². The van der Waals surface area contributed by atoms with Gasteiger partial charge in [-0.2, -0.15) is 4.31 Å². The van der Waals surface area contributed by atoms with Crippen molar-refractivity contribution in [2.24, 2.45) is 0 Å². The van der Waals surface area contributed by atoms with Crippen molar-refractivity contribution in [2.75, 3.05) is 23.7 Å². The van der Waals surface area contributed by atoms with E-state index in [1.54, 1.807) is 24.3 Å². The van der Waals surface area contributed by atoms with Crippen molar-refractivity contribution in [3.8, 4) is 0 Å². The molecular formula is C22H23N5O4S2. The third kappa shape index (κ3) is 5.44. The maximum absolute atomic E-state index is 13.0. The predicted octanol–water partition coefficient (Wildman–Crippen LogP) is 3.32. The molecule has 2 N–H and O–H groups in total. The van der Waals surface area contributed by atoms with E-state index in [2.05, 4.69) is 20.8 Å². The van der Waals surface area contributed by atoms with E-state index in [1.165, 1.54) is 34.7 Å². The fourth-order valence-electron chi connectivity index (χ4n) is 3.60. The number of hydrogen-bond donors (Lipinski definition) is 2. The molecule has 1 aromatic heterocycles. The zero-order valence-electron chi connectivity index (χ0n) is 17.9. The van der Waals surface area contributed by atoms with Gasteiger partial charge in [0, 0.05) is 37.3 Å². The van der Waals surface area contributed by atoms with E-state index in [4.69, 9.17) is 0 Å². The van der Waals surface area contributed by atoms with Gasteiger partial charge in [-0.1, -0.05) is 29.5 Å².